The molecule has 0 aliphatic carbocycles. The smallest absolute Gasteiger partial charge is 0.265 e. The zero-order chi connectivity index (χ0) is 20.9. The third kappa shape index (κ3) is 4.27. The van der Waals surface area contributed by atoms with E-state index in [1.165, 1.54) is 23.5 Å². The minimum Gasteiger partial charge on any atom is -0.497 e. The van der Waals surface area contributed by atoms with Crippen molar-refractivity contribution in [3.05, 3.63) is 60.2 Å². The molecule has 0 saturated carbocycles. The second kappa shape index (κ2) is 8.91. The van der Waals surface area contributed by atoms with Gasteiger partial charge in [-0.25, -0.2) is 13.9 Å². The molecular weight excluding hydrogens is 394 g/mol. The number of ether oxygens (including phenoxy) is 1. The van der Waals surface area contributed by atoms with Crippen molar-refractivity contribution in [3.8, 4) is 5.75 Å². The molecule has 2 aromatic rings. The molecule has 0 bridgehead atoms. The second-order valence-electron chi connectivity index (χ2n) is 6.90. The van der Waals surface area contributed by atoms with Gasteiger partial charge in [0.05, 0.1) is 12.0 Å². The third-order valence-electron chi connectivity index (χ3n) is 5.25. The molecule has 2 aromatic carbocycles. The number of nitrogens with zero attached hydrogens (tertiary/aromatic N) is 1. The monoisotopic (exact) mass is 419 g/mol. The van der Waals surface area contributed by atoms with Gasteiger partial charge in [-0.3, -0.25) is 10.0 Å². The predicted octanol–water partition coefficient (Wildman–Crippen LogP) is 1.51. The number of carbonyl (C=O) groups is 1. The Bertz CT molecular complexity index is 926. The number of methoxy groups -OCH3 is 1. The topological polar surface area (TPSA) is 108 Å². The van der Waals surface area contributed by atoms with Crippen LogP contribution >= 0.6 is 0 Å². The van der Waals surface area contributed by atoms with E-state index >= 15 is 0 Å². The lowest BCUT2D eigenvalue weighted by Crippen LogP contribution is -2.63. The first-order valence-electron chi connectivity index (χ1n) is 9.30. The number of hydroxylamine groups is 1. The quantitative estimate of drug-likeness (QED) is 0.464. The van der Waals surface area contributed by atoms with Gasteiger partial charge in [-0.05, 0) is 55.8 Å². The Morgan fingerprint density at radius 1 is 1.14 bits per heavy atom. The van der Waals surface area contributed by atoms with Gasteiger partial charge >= 0.3 is 0 Å². The Morgan fingerprint density at radius 3 is 2.31 bits per heavy atom. The Kier molecular flexibility index (Phi) is 6.53. The van der Waals surface area contributed by atoms with Gasteiger partial charge in [0.1, 0.15) is 11.3 Å². The number of benzene rings is 2. The van der Waals surface area contributed by atoms with Gasteiger partial charge in [0.25, 0.3) is 5.91 Å². The summed E-state index contributed by atoms with van der Waals surface area (Å²) in [5.41, 5.74) is 1.03. The van der Waals surface area contributed by atoms with Crippen LogP contribution in [0.15, 0.2) is 59.5 Å². The van der Waals surface area contributed by atoms with E-state index in [0.717, 1.165) is 5.56 Å². The maximum atomic E-state index is 13.7. The number of carbonyl (C=O) groups excluding carboxylic acids is 1. The lowest BCUT2D eigenvalue weighted by atomic mass is 9.87. The largest absolute Gasteiger partial charge is 0.497 e. The standard InChI is InChI=1S/C20H25N3O5S/c1-28-17-7-9-18(10-8-17)29(26,27)23(15-16-5-3-2-4-6-16)20(19(24)22-25)11-13-21-14-12-20/h2-10,21,25H,11-15H2,1H3,(H,22,24). The third-order valence-corrected chi connectivity index (χ3v) is 7.18. The van der Waals surface area contributed by atoms with E-state index in [1.54, 1.807) is 17.6 Å². The SMILES string of the molecule is COc1ccc(S(=O)(=O)N(Cc2ccccc2)C2(C(=O)NO)CCNCC2)cc1. The Hall–Kier alpha value is -2.46. The Labute approximate surface area is 170 Å². The number of sulfonamides is 1. The number of rotatable bonds is 7. The summed E-state index contributed by atoms with van der Waals surface area (Å²) in [6, 6.07) is 15.1. The molecule has 1 fully saturated rings. The van der Waals surface area contributed by atoms with E-state index in [0.29, 0.717) is 18.8 Å². The average Bonchev–Trinajstić information content (AvgIpc) is 2.78. The van der Waals surface area contributed by atoms with Crippen LogP contribution in [0.25, 0.3) is 0 Å². The van der Waals surface area contributed by atoms with Crippen molar-refractivity contribution in [2.24, 2.45) is 0 Å². The van der Waals surface area contributed by atoms with Gasteiger partial charge in [0.15, 0.2) is 0 Å². The van der Waals surface area contributed by atoms with Crippen LogP contribution < -0.4 is 15.5 Å². The molecule has 1 heterocycles. The fraction of sp³-hybridized carbons (Fsp3) is 0.350. The van der Waals surface area contributed by atoms with Crippen molar-refractivity contribution in [1.29, 1.82) is 0 Å². The minimum atomic E-state index is -4.06. The summed E-state index contributed by atoms with van der Waals surface area (Å²) in [6.45, 7) is 0.913. The van der Waals surface area contributed by atoms with Gasteiger partial charge in [-0.2, -0.15) is 4.31 Å². The van der Waals surface area contributed by atoms with Crippen LogP contribution in [-0.2, 0) is 21.4 Å². The first-order chi connectivity index (χ1) is 13.9. The van der Waals surface area contributed by atoms with Crippen LogP contribution in [-0.4, -0.2) is 49.6 Å². The highest BCUT2D eigenvalue weighted by Gasteiger charge is 2.50. The molecule has 0 spiro atoms. The van der Waals surface area contributed by atoms with Gasteiger partial charge in [-0.1, -0.05) is 30.3 Å². The maximum Gasteiger partial charge on any atom is 0.265 e. The van der Waals surface area contributed by atoms with E-state index in [-0.39, 0.29) is 24.3 Å². The highest BCUT2D eigenvalue weighted by atomic mass is 32.2. The van der Waals surface area contributed by atoms with E-state index in [2.05, 4.69) is 5.32 Å². The Morgan fingerprint density at radius 2 is 1.76 bits per heavy atom. The molecule has 1 aliphatic heterocycles. The van der Waals surface area contributed by atoms with E-state index < -0.39 is 21.5 Å². The number of amides is 1. The van der Waals surface area contributed by atoms with Crippen LogP contribution in [0.5, 0.6) is 5.75 Å². The summed E-state index contributed by atoms with van der Waals surface area (Å²) >= 11 is 0. The summed E-state index contributed by atoms with van der Waals surface area (Å²) in [4.78, 5) is 12.8. The lowest BCUT2D eigenvalue weighted by Gasteiger charge is -2.43. The molecule has 0 atom stereocenters. The minimum absolute atomic E-state index is 0.00260. The van der Waals surface area contributed by atoms with Crippen LogP contribution in [0, 0.1) is 0 Å². The number of piperidine rings is 1. The Balaban J connectivity index is 2.11. The summed E-state index contributed by atoms with van der Waals surface area (Å²) < 4.78 is 33.7. The molecule has 3 N–H and O–H groups in total. The number of hydrogen-bond acceptors (Lipinski definition) is 6. The fourth-order valence-electron chi connectivity index (χ4n) is 3.62. The normalized spacial score (nSPS) is 16.4. The molecule has 29 heavy (non-hydrogen) atoms. The van der Waals surface area contributed by atoms with Gasteiger partial charge in [0.2, 0.25) is 10.0 Å². The second-order valence-corrected chi connectivity index (χ2v) is 8.76. The summed E-state index contributed by atoms with van der Waals surface area (Å²) in [5, 5.41) is 12.6. The van der Waals surface area contributed by atoms with Crippen molar-refractivity contribution in [3.63, 3.8) is 0 Å². The van der Waals surface area contributed by atoms with E-state index in [9.17, 15) is 18.4 Å². The lowest BCUT2D eigenvalue weighted by molar-refractivity contribution is -0.141. The van der Waals surface area contributed by atoms with Crippen LogP contribution in [0.3, 0.4) is 0 Å². The van der Waals surface area contributed by atoms with Crippen molar-refractivity contribution in [1.82, 2.24) is 15.1 Å². The molecule has 3 rings (SSSR count). The van der Waals surface area contributed by atoms with E-state index in [4.69, 9.17) is 4.74 Å². The first-order valence-corrected chi connectivity index (χ1v) is 10.7. The molecule has 1 aliphatic rings. The molecule has 1 amide bonds. The molecule has 0 aromatic heterocycles. The molecule has 8 nitrogen and oxygen atoms in total. The highest BCUT2D eigenvalue weighted by Crippen LogP contribution is 2.34. The molecule has 0 radical (unpaired) electrons. The van der Waals surface area contributed by atoms with Crippen molar-refractivity contribution in [2.45, 2.75) is 29.8 Å². The van der Waals surface area contributed by atoms with Gasteiger partial charge in [-0.15, -0.1) is 0 Å². The molecular formula is C20H25N3O5S. The van der Waals surface area contributed by atoms with Crippen molar-refractivity contribution >= 4 is 15.9 Å². The molecule has 1 saturated heterocycles. The number of hydrogen-bond donors (Lipinski definition) is 3. The fourth-order valence-corrected chi connectivity index (χ4v) is 5.40. The molecule has 0 unspecified atom stereocenters. The van der Waals surface area contributed by atoms with Crippen molar-refractivity contribution in [2.75, 3.05) is 20.2 Å². The van der Waals surface area contributed by atoms with Gasteiger partial charge in [0, 0.05) is 6.54 Å². The van der Waals surface area contributed by atoms with Crippen LogP contribution in [0.4, 0.5) is 0 Å². The van der Waals surface area contributed by atoms with E-state index in [1.807, 2.05) is 30.3 Å². The molecule has 156 valence electrons. The maximum absolute atomic E-state index is 13.7. The molecule has 9 heteroatoms. The zero-order valence-corrected chi connectivity index (χ0v) is 17.0. The van der Waals surface area contributed by atoms with Crippen LogP contribution in [0.1, 0.15) is 18.4 Å². The highest BCUT2D eigenvalue weighted by molar-refractivity contribution is 7.89. The predicted molar refractivity (Wildman–Crippen MR) is 107 cm³/mol. The average molecular weight is 420 g/mol. The van der Waals surface area contributed by atoms with Crippen molar-refractivity contribution < 1.29 is 23.2 Å². The summed E-state index contributed by atoms with van der Waals surface area (Å²) in [7, 11) is -2.56. The number of nitrogens with one attached hydrogen (secondary N) is 2. The van der Waals surface area contributed by atoms with Crippen LogP contribution in [0.2, 0.25) is 0 Å². The first kappa shape index (κ1) is 21.3. The summed E-state index contributed by atoms with van der Waals surface area (Å²) in [5.74, 6) is -0.199. The summed E-state index contributed by atoms with van der Waals surface area (Å²) in [6.07, 6.45) is 0.475. The van der Waals surface area contributed by atoms with Gasteiger partial charge < -0.3 is 10.1 Å². The zero-order valence-electron chi connectivity index (χ0n) is 16.2.